The summed E-state index contributed by atoms with van der Waals surface area (Å²) in [6, 6.07) is 0. The summed E-state index contributed by atoms with van der Waals surface area (Å²) in [4.78, 5) is 0. The van der Waals surface area contributed by atoms with Crippen molar-refractivity contribution in [2.24, 2.45) is 17.3 Å². The van der Waals surface area contributed by atoms with Crippen LogP contribution < -0.4 is 0 Å². The van der Waals surface area contributed by atoms with Crippen LogP contribution >= 0.6 is 0 Å². The maximum atomic E-state index is 10.6. The second-order valence-corrected chi connectivity index (χ2v) is 7.54. The van der Waals surface area contributed by atoms with Gasteiger partial charge in [0.25, 0.3) is 0 Å². The van der Waals surface area contributed by atoms with E-state index in [1.807, 2.05) is 20.8 Å². The van der Waals surface area contributed by atoms with Crippen LogP contribution in [0.4, 0.5) is 0 Å². The van der Waals surface area contributed by atoms with Crippen LogP contribution in [0.3, 0.4) is 0 Å². The van der Waals surface area contributed by atoms with Gasteiger partial charge in [-0.3, -0.25) is 0 Å². The van der Waals surface area contributed by atoms with Gasteiger partial charge in [0.05, 0.1) is 11.2 Å². The van der Waals surface area contributed by atoms with Gasteiger partial charge < -0.3 is 10.2 Å². The summed E-state index contributed by atoms with van der Waals surface area (Å²) in [6.45, 7) is 8.17. The van der Waals surface area contributed by atoms with Gasteiger partial charge in [0.2, 0.25) is 0 Å². The van der Waals surface area contributed by atoms with E-state index in [0.29, 0.717) is 17.3 Å². The Kier molecular flexibility index (Phi) is 3.11. The average molecular weight is 240 g/mol. The fraction of sp³-hybridized carbons (Fsp3) is 1.00. The van der Waals surface area contributed by atoms with Crippen LogP contribution in [0.2, 0.25) is 0 Å². The maximum absolute atomic E-state index is 10.6. The molecule has 2 nitrogen and oxygen atoms in total. The fourth-order valence-electron chi connectivity index (χ4n) is 4.33. The summed E-state index contributed by atoms with van der Waals surface area (Å²) < 4.78 is 0. The first-order valence-electron chi connectivity index (χ1n) is 7.10. The van der Waals surface area contributed by atoms with Crippen LogP contribution in [0, 0.1) is 17.3 Å². The van der Waals surface area contributed by atoms with E-state index in [4.69, 9.17) is 0 Å². The largest absolute Gasteiger partial charge is 0.390 e. The Morgan fingerprint density at radius 3 is 2.35 bits per heavy atom. The van der Waals surface area contributed by atoms with Crippen molar-refractivity contribution in [3.05, 3.63) is 0 Å². The molecule has 0 aliphatic heterocycles. The lowest BCUT2D eigenvalue weighted by Crippen LogP contribution is -2.53. The molecule has 0 spiro atoms. The Labute approximate surface area is 105 Å². The first-order chi connectivity index (χ1) is 7.65. The van der Waals surface area contributed by atoms with Crippen LogP contribution in [0.25, 0.3) is 0 Å². The van der Waals surface area contributed by atoms with Gasteiger partial charge in [0.1, 0.15) is 0 Å². The SMILES string of the molecule is CC(C)(O)C1CC[C@]2(C)CCC[C@](C)(O)C2C1. The normalized spacial score (nSPS) is 47.6. The van der Waals surface area contributed by atoms with Crippen molar-refractivity contribution in [2.75, 3.05) is 0 Å². The quantitative estimate of drug-likeness (QED) is 0.739. The zero-order valence-electron chi connectivity index (χ0n) is 11.8. The van der Waals surface area contributed by atoms with E-state index >= 15 is 0 Å². The van der Waals surface area contributed by atoms with Gasteiger partial charge in [-0.2, -0.15) is 0 Å². The fourth-order valence-corrected chi connectivity index (χ4v) is 4.33. The first kappa shape index (κ1) is 13.4. The molecule has 2 N–H and O–H groups in total. The number of fused-ring (bicyclic) bond motifs is 1. The lowest BCUT2D eigenvalue weighted by atomic mass is 9.52. The first-order valence-corrected chi connectivity index (χ1v) is 7.10. The van der Waals surface area contributed by atoms with E-state index in [1.54, 1.807) is 0 Å². The van der Waals surface area contributed by atoms with Crippen molar-refractivity contribution in [1.29, 1.82) is 0 Å². The molecule has 0 amide bonds. The predicted octanol–water partition coefficient (Wildman–Crippen LogP) is 3.11. The van der Waals surface area contributed by atoms with Crippen molar-refractivity contribution in [2.45, 2.75) is 77.4 Å². The second-order valence-electron chi connectivity index (χ2n) is 7.54. The molecule has 2 unspecified atom stereocenters. The van der Waals surface area contributed by atoms with Crippen LogP contribution in [0.15, 0.2) is 0 Å². The van der Waals surface area contributed by atoms with Crippen molar-refractivity contribution in [1.82, 2.24) is 0 Å². The zero-order chi connectivity index (χ0) is 12.9. The number of hydrogen-bond donors (Lipinski definition) is 2. The third-order valence-electron chi connectivity index (χ3n) is 5.61. The van der Waals surface area contributed by atoms with E-state index in [0.717, 1.165) is 32.1 Å². The molecule has 2 aliphatic carbocycles. The number of aliphatic hydroxyl groups is 2. The molecule has 2 fully saturated rings. The Bertz CT molecular complexity index is 290. The monoisotopic (exact) mass is 240 g/mol. The third-order valence-corrected chi connectivity index (χ3v) is 5.61. The van der Waals surface area contributed by atoms with Crippen molar-refractivity contribution >= 4 is 0 Å². The van der Waals surface area contributed by atoms with Crippen LogP contribution in [0.5, 0.6) is 0 Å². The maximum Gasteiger partial charge on any atom is 0.0653 e. The van der Waals surface area contributed by atoms with Crippen LogP contribution in [-0.2, 0) is 0 Å². The zero-order valence-corrected chi connectivity index (χ0v) is 11.8. The molecule has 2 aliphatic rings. The Morgan fingerprint density at radius 2 is 1.76 bits per heavy atom. The van der Waals surface area contributed by atoms with Crippen LogP contribution in [0.1, 0.15) is 66.2 Å². The molecule has 2 rings (SSSR count). The standard InChI is InChI=1S/C15H28O2/c1-13(2,16)11-6-9-14(3)7-5-8-15(4,17)12(14)10-11/h11-12,16-17H,5-10H2,1-4H3/t11?,12?,14-,15-/m0/s1. The van der Waals surface area contributed by atoms with E-state index in [-0.39, 0.29) is 0 Å². The van der Waals surface area contributed by atoms with Gasteiger partial charge in [0.15, 0.2) is 0 Å². The molecular formula is C15H28O2. The Morgan fingerprint density at radius 1 is 1.12 bits per heavy atom. The molecular weight excluding hydrogens is 212 g/mol. The highest BCUT2D eigenvalue weighted by Crippen LogP contribution is 2.56. The molecule has 0 radical (unpaired) electrons. The molecule has 0 bridgehead atoms. The summed E-state index contributed by atoms with van der Waals surface area (Å²) in [7, 11) is 0. The highest BCUT2D eigenvalue weighted by Gasteiger charge is 2.52. The minimum Gasteiger partial charge on any atom is -0.390 e. The van der Waals surface area contributed by atoms with Crippen LogP contribution in [-0.4, -0.2) is 21.4 Å². The average Bonchev–Trinajstić information content (AvgIpc) is 2.14. The minimum atomic E-state index is -0.602. The molecule has 0 heterocycles. The minimum absolute atomic E-state index is 0.295. The van der Waals surface area contributed by atoms with Crippen molar-refractivity contribution < 1.29 is 10.2 Å². The van der Waals surface area contributed by atoms with Gasteiger partial charge in [-0.1, -0.05) is 13.3 Å². The van der Waals surface area contributed by atoms with E-state index in [1.165, 1.54) is 6.42 Å². The summed E-state index contributed by atoms with van der Waals surface area (Å²) in [5.41, 5.74) is -0.838. The van der Waals surface area contributed by atoms with Gasteiger partial charge in [-0.25, -0.2) is 0 Å². The van der Waals surface area contributed by atoms with E-state index in [9.17, 15) is 10.2 Å². The topological polar surface area (TPSA) is 40.5 Å². The lowest BCUT2D eigenvalue weighted by Gasteiger charge is -2.55. The van der Waals surface area contributed by atoms with Crippen molar-refractivity contribution in [3.8, 4) is 0 Å². The van der Waals surface area contributed by atoms with Gasteiger partial charge in [-0.15, -0.1) is 0 Å². The highest BCUT2D eigenvalue weighted by molar-refractivity contribution is 5.03. The summed E-state index contributed by atoms with van der Waals surface area (Å²) in [5.74, 6) is 0.694. The van der Waals surface area contributed by atoms with Crippen molar-refractivity contribution in [3.63, 3.8) is 0 Å². The third kappa shape index (κ3) is 2.39. The molecule has 4 atom stereocenters. The number of rotatable bonds is 1. The second kappa shape index (κ2) is 3.96. The van der Waals surface area contributed by atoms with Gasteiger partial charge in [-0.05, 0) is 70.1 Å². The van der Waals surface area contributed by atoms with E-state index < -0.39 is 11.2 Å². The molecule has 17 heavy (non-hydrogen) atoms. The summed E-state index contributed by atoms with van der Waals surface area (Å²) in [5, 5.41) is 20.8. The lowest BCUT2D eigenvalue weighted by molar-refractivity contribution is -0.143. The number of hydrogen-bond acceptors (Lipinski definition) is 2. The molecule has 0 aromatic rings. The summed E-state index contributed by atoms with van der Waals surface area (Å²) >= 11 is 0. The van der Waals surface area contributed by atoms with Gasteiger partial charge in [0, 0.05) is 0 Å². The molecule has 2 saturated carbocycles. The predicted molar refractivity (Wildman–Crippen MR) is 69.7 cm³/mol. The Balaban J connectivity index is 2.20. The molecule has 0 aromatic carbocycles. The Hall–Kier alpha value is -0.0800. The van der Waals surface area contributed by atoms with Gasteiger partial charge >= 0.3 is 0 Å². The molecule has 100 valence electrons. The molecule has 0 aromatic heterocycles. The highest BCUT2D eigenvalue weighted by atomic mass is 16.3. The smallest absolute Gasteiger partial charge is 0.0653 e. The van der Waals surface area contributed by atoms with E-state index in [2.05, 4.69) is 6.92 Å². The molecule has 0 saturated heterocycles. The molecule has 2 heteroatoms. The summed E-state index contributed by atoms with van der Waals surface area (Å²) in [6.07, 6.45) is 6.55.